The molecule has 3 heterocycles. The van der Waals surface area contributed by atoms with Crippen molar-refractivity contribution in [3.8, 4) is 11.5 Å². The Kier molecular flexibility index (Phi) is 5.40. The maximum Gasteiger partial charge on any atom is 0.317 e. The third-order valence-electron chi connectivity index (χ3n) is 4.25. The van der Waals surface area contributed by atoms with Crippen LogP contribution in [0.3, 0.4) is 0 Å². The zero-order valence-corrected chi connectivity index (χ0v) is 13.9. The molecule has 0 aliphatic carbocycles. The second-order valence-corrected chi connectivity index (χ2v) is 6.13. The van der Waals surface area contributed by atoms with Crippen LogP contribution in [0.1, 0.15) is 32.0 Å². The van der Waals surface area contributed by atoms with E-state index < -0.39 is 0 Å². The van der Waals surface area contributed by atoms with Crippen LogP contribution < -0.4 is 5.32 Å². The number of amides is 2. The number of aromatic nitrogens is 3. The highest BCUT2D eigenvalue weighted by Crippen LogP contribution is 2.22. The van der Waals surface area contributed by atoms with E-state index in [1.807, 2.05) is 17.0 Å². The molecule has 7 nitrogen and oxygen atoms in total. The molecular formula is C17H23N5O2. The van der Waals surface area contributed by atoms with Gasteiger partial charge >= 0.3 is 6.03 Å². The first-order valence-electron chi connectivity index (χ1n) is 8.52. The van der Waals surface area contributed by atoms with Gasteiger partial charge in [0.05, 0.1) is 5.56 Å². The average Bonchev–Trinajstić information content (AvgIpc) is 3.28. The van der Waals surface area contributed by atoms with Gasteiger partial charge in [0.2, 0.25) is 0 Å². The lowest BCUT2D eigenvalue weighted by Gasteiger charge is -2.16. The summed E-state index contributed by atoms with van der Waals surface area (Å²) in [5, 5.41) is 6.97. The highest BCUT2D eigenvalue weighted by molar-refractivity contribution is 5.74. The maximum atomic E-state index is 12.0. The van der Waals surface area contributed by atoms with Gasteiger partial charge in [0, 0.05) is 38.4 Å². The van der Waals surface area contributed by atoms with Gasteiger partial charge in [-0.25, -0.2) is 4.79 Å². The Hall–Kier alpha value is -2.44. The van der Waals surface area contributed by atoms with Crippen molar-refractivity contribution in [3.05, 3.63) is 30.4 Å². The Morgan fingerprint density at radius 2 is 2.42 bits per heavy atom. The molecule has 0 aromatic carbocycles. The number of rotatable bonds is 6. The summed E-state index contributed by atoms with van der Waals surface area (Å²) >= 11 is 0. The van der Waals surface area contributed by atoms with E-state index in [-0.39, 0.29) is 6.03 Å². The van der Waals surface area contributed by atoms with Gasteiger partial charge in [-0.2, -0.15) is 4.98 Å². The molecule has 2 amide bonds. The number of pyridine rings is 1. The summed E-state index contributed by atoms with van der Waals surface area (Å²) in [5.41, 5.74) is 0.830. The predicted octanol–water partition coefficient (Wildman–Crippen LogP) is 2.51. The van der Waals surface area contributed by atoms with Crippen molar-refractivity contribution in [3.63, 3.8) is 0 Å². The Balaban J connectivity index is 1.47. The van der Waals surface area contributed by atoms with E-state index in [0.717, 1.165) is 50.9 Å². The van der Waals surface area contributed by atoms with Crippen molar-refractivity contribution < 1.29 is 9.32 Å². The van der Waals surface area contributed by atoms with Crippen LogP contribution in [-0.4, -0.2) is 45.7 Å². The fourth-order valence-electron chi connectivity index (χ4n) is 2.89. The predicted molar refractivity (Wildman–Crippen MR) is 89.2 cm³/mol. The summed E-state index contributed by atoms with van der Waals surface area (Å²) in [6.45, 7) is 4.42. The van der Waals surface area contributed by atoms with Gasteiger partial charge in [0.1, 0.15) is 0 Å². The van der Waals surface area contributed by atoms with Gasteiger partial charge in [0.25, 0.3) is 5.89 Å². The number of nitrogens with zero attached hydrogens (tertiary/aromatic N) is 4. The van der Waals surface area contributed by atoms with Crippen molar-refractivity contribution in [2.75, 3.05) is 19.6 Å². The molecule has 1 fully saturated rings. The lowest BCUT2D eigenvalue weighted by molar-refractivity contribution is 0.207. The molecule has 7 heteroatoms. The summed E-state index contributed by atoms with van der Waals surface area (Å²) in [5.74, 6) is 1.71. The average molecular weight is 329 g/mol. The molecule has 1 unspecified atom stereocenters. The number of urea groups is 1. The van der Waals surface area contributed by atoms with Gasteiger partial charge < -0.3 is 14.7 Å². The Labute approximate surface area is 141 Å². The molecule has 24 heavy (non-hydrogen) atoms. The fourth-order valence-corrected chi connectivity index (χ4v) is 2.89. The second-order valence-electron chi connectivity index (χ2n) is 6.13. The minimum atomic E-state index is 0.0535. The van der Waals surface area contributed by atoms with E-state index >= 15 is 0 Å². The van der Waals surface area contributed by atoms with E-state index in [4.69, 9.17) is 4.52 Å². The monoisotopic (exact) mass is 329 g/mol. The third kappa shape index (κ3) is 4.10. The van der Waals surface area contributed by atoms with Crippen LogP contribution in [0.25, 0.3) is 11.5 Å². The van der Waals surface area contributed by atoms with E-state index in [9.17, 15) is 4.79 Å². The molecule has 1 N–H and O–H groups in total. The van der Waals surface area contributed by atoms with E-state index in [1.165, 1.54) is 0 Å². The topological polar surface area (TPSA) is 84.2 Å². The SMILES string of the molecule is CCCNC(=O)N1CCC(CCc2noc(-c3cccnc3)n2)C1. The Morgan fingerprint density at radius 1 is 1.50 bits per heavy atom. The third-order valence-corrected chi connectivity index (χ3v) is 4.25. The zero-order chi connectivity index (χ0) is 16.8. The summed E-state index contributed by atoms with van der Waals surface area (Å²) < 4.78 is 5.29. The number of nitrogens with one attached hydrogen (secondary N) is 1. The number of carbonyl (C=O) groups is 1. The molecule has 2 aromatic heterocycles. The summed E-state index contributed by atoms with van der Waals surface area (Å²) in [6, 6.07) is 3.79. The molecule has 3 rings (SSSR count). The number of hydrogen-bond acceptors (Lipinski definition) is 5. The highest BCUT2D eigenvalue weighted by atomic mass is 16.5. The normalized spacial score (nSPS) is 17.2. The van der Waals surface area contributed by atoms with E-state index in [2.05, 4.69) is 27.4 Å². The van der Waals surface area contributed by atoms with Crippen LogP contribution in [0.5, 0.6) is 0 Å². The van der Waals surface area contributed by atoms with Crippen LogP contribution in [0.2, 0.25) is 0 Å². The molecule has 0 bridgehead atoms. The summed E-state index contributed by atoms with van der Waals surface area (Å²) in [4.78, 5) is 22.3. The number of carbonyl (C=O) groups excluding carboxylic acids is 1. The van der Waals surface area contributed by atoms with Crippen LogP contribution >= 0.6 is 0 Å². The minimum Gasteiger partial charge on any atom is -0.338 e. The zero-order valence-electron chi connectivity index (χ0n) is 13.9. The number of hydrogen-bond donors (Lipinski definition) is 1. The molecule has 1 atom stereocenters. The first kappa shape index (κ1) is 16.4. The van der Waals surface area contributed by atoms with Crippen LogP contribution in [0, 0.1) is 5.92 Å². The van der Waals surface area contributed by atoms with Crippen molar-refractivity contribution >= 4 is 6.03 Å². The number of aryl methyl sites for hydroxylation is 1. The smallest absolute Gasteiger partial charge is 0.317 e. The molecule has 128 valence electrons. The van der Waals surface area contributed by atoms with Crippen LogP contribution in [-0.2, 0) is 6.42 Å². The lowest BCUT2D eigenvalue weighted by Crippen LogP contribution is -2.38. The largest absolute Gasteiger partial charge is 0.338 e. The molecule has 0 saturated carbocycles. The first-order chi connectivity index (χ1) is 11.8. The van der Waals surface area contributed by atoms with Gasteiger partial charge in [-0.1, -0.05) is 12.1 Å². The van der Waals surface area contributed by atoms with Crippen LogP contribution in [0.4, 0.5) is 4.79 Å². The minimum absolute atomic E-state index is 0.0535. The quantitative estimate of drug-likeness (QED) is 0.880. The maximum absolute atomic E-state index is 12.0. The van der Waals surface area contributed by atoms with Gasteiger partial charge in [-0.15, -0.1) is 0 Å². The van der Waals surface area contributed by atoms with Crippen LogP contribution in [0.15, 0.2) is 29.0 Å². The van der Waals surface area contributed by atoms with Crippen molar-refractivity contribution in [2.24, 2.45) is 5.92 Å². The van der Waals surface area contributed by atoms with E-state index in [0.29, 0.717) is 17.6 Å². The van der Waals surface area contributed by atoms with Crippen molar-refractivity contribution in [1.29, 1.82) is 0 Å². The van der Waals surface area contributed by atoms with Crippen molar-refractivity contribution in [2.45, 2.75) is 32.6 Å². The highest BCUT2D eigenvalue weighted by Gasteiger charge is 2.26. The molecule has 1 aliphatic heterocycles. The Morgan fingerprint density at radius 3 is 3.21 bits per heavy atom. The second kappa shape index (κ2) is 7.90. The van der Waals surface area contributed by atoms with Crippen molar-refractivity contribution in [1.82, 2.24) is 25.3 Å². The molecule has 0 spiro atoms. The van der Waals surface area contributed by atoms with Gasteiger partial charge in [-0.05, 0) is 37.3 Å². The molecule has 0 radical (unpaired) electrons. The molecular weight excluding hydrogens is 306 g/mol. The number of likely N-dealkylation sites (tertiary alicyclic amines) is 1. The standard InChI is InChI=1S/C17H23N5O2/c1-2-8-19-17(23)22-10-7-13(12-22)5-6-15-20-16(24-21-15)14-4-3-9-18-11-14/h3-4,9,11,13H,2,5-8,10,12H2,1H3,(H,19,23). The fraction of sp³-hybridized carbons (Fsp3) is 0.529. The van der Waals surface area contributed by atoms with Gasteiger partial charge in [0.15, 0.2) is 5.82 Å². The van der Waals surface area contributed by atoms with Gasteiger partial charge in [-0.3, -0.25) is 4.98 Å². The lowest BCUT2D eigenvalue weighted by atomic mass is 10.0. The summed E-state index contributed by atoms with van der Waals surface area (Å²) in [6.07, 6.45) is 7.14. The summed E-state index contributed by atoms with van der Waals surface area (Å²) in [7, 11) is 0. The van der Waals surface area contributed by atoms with E-state index in [1.54, 1.807) is 12.4 Å². The Bertz CT molecular complexity index is 658. The molecule has 2 aromatic rings. The molecule has 1 aliphatic rings. The molecule has 1 saturated heterocycles. The first-order valence-corrected chi connectivity index (χ1v) is 8.52.